The maximum atomic E-state index is 12.3. The lowest BCUT2D eigenvalue weighted by Gasteiger charge is -2.24. The summed E-state index contributed by atoms with van der Waals surface area (Å²) in [6, 6.07) is 15.4. The minimum atomic E-state index is -0.0947. The minimum absolute atomic E-state index is 0.0196. The van der Waals surface area contributed by atoms with Gasteiger partial charge in [0.05, 0.1) is 5.75 Å². The SMILES string of the molecule is CC(=O)Nc1ccc([C@H]2SCC(=O)N2CCc2ccc(Cl)cc2)cc1. The number of amides is 2. The molecule has 2 aromatic rings. The van der Waals surface area contributed by atoms with Gasteiger partial charge < -0.3 is 10.2 Å². The molecule has 3 rings (SSSR count). The predicted molar refractivity (Wildman–Crippen MR) is 103 cm³/mol. The number of nitrogens with zero attached hydrogens (tertiary/aromatic N) is 1. The predicted octanol–water partition coefficient (Wildman–Crippen LogP) is 4.12. The van der Waals surface area contributed by atoms with E-state index in [9.17, 15) is 9.59 Å². The number of halogens is 1. The molecule has 25 heavy (non-hydrogen) atoms. The van der Waals surface area contributed by atoms with Crippen LogP contribution in [-0.2, 0) is 16.0 Å². The molecule has 0 unspecified atom stereocenters. The van der Waals surface area contributed by atoms with Crippen LogP contribution < -0.4 is 5.32 Å². The molecule has 1 atom stereocenters. The van der Waals surface area contributed by atoms with E-state index in [-0.39, 0.29) is 17.2 Å². The smallest absolute Gasteiger partial charge is 0.233 e. The lowest BCUT2D eigenvalue weighted by atomic mass is 10.1. The number of hydrogen-bond acceptors (Lipinski definition) is 3. The van der Waals surface area contributed by atoms with Crippen molar-refractivity contribution in [3.63, 3.8) is 0 Å². The molecule has 130 valence electrons. The first-order valence-corrected chi connectivity index (χ1v) is 9.48. The van der Waals surface area contributed by atoms with E-state index in [1.165, 1.54) is 6.92 Å². The number of carbonyl (C=O) groups excluding carboxylic acids is 2. The normalized spacial score (nSPS) is 17.0. The number of anilines is 1. The number of thioether (sulfide) groups is 1. The molecule has 0 saturated carbocycles. The molecule has 0 aromatic heterocycles. The molecule has 0 spiro atoms. The van der Waals surface area contributed by atoms with Crippen LogP contribution in [-0.4, -0.2) is 29.0 Å². The fraction of sp³-hybridized carbons (Fsp3) is 0.263. The van der Waals surface area contributed by atoms with E-state index < -0.39 is 0 Å². The Bertz CT molecular complexity index is 762. The van der Waals surface area contributed by atoms with Crippen LogP contribution in [0.3, 0.4) is 0 Å². The summed E-state index contributed by atoms with van der Waals surface area (Å²) >= 11 is 7.55. The van der Waals surface area contributed by atoms with Crippen LogP contribution in [0.5, 0.6) is 0 Å². The maximum Gasteiger partial charge on any atom is 0.233 e. The fourth-order valence-corrected chi connectivity index (χ4v) is 4.15. The van der Waals surface area contributed by atoms with Crippen molar-refractivity contribution in [3.05, 3.63) is 64.7 Å². The lowest BCUT2D eigenvalue weighted by molar-refractivity contribution is -0.128. The van der Waals surface area contributed by atoms with Crippen molar-refractivity contribution >= 4 is 40.9 Å². The zero-order valence-electron chi connectivity index (χ0n) is 13.9. The fourth-order valence-electron chi connectivity index (χ4n) is 2.81. The summed E-state index contributed by atoms with van der Waals surface area (Å²) in [5, 5.41) is 3.49. The standard InChI is InChI=1S/C19H19ClN2O2S/c1-13(23)21-17-8-4-15(5-9-17)19-22(18(24)12-25-19)11-10-14-2-6-16(20)7-3-14/h2-9,19H,10-12H2,1H3,(H,21,23)/t19-/m1/s1. The second kappa shape index (κ2) is 7.93. The summed E-state index contributed by atoms with van der Waals surface area (Å²) < 4.78 is 0. The maximum absolute atomic E-state index is 12.3. The molecule has 4 nitrogen and oxygen atoms in total. The van der Waals surface area contributed by atoms with Gasteiger partial charge in [-0.3, -0.25) is 9.59 Å². The average molecular weight is 375 g/mol. The van der Waals surface area contributed by atoms with Crippen LogP contribution >= 0.6 is 23.4 Å². The molecule has 0 aliphatic carbocycles. The van der Waals surface area contributed by atoms with Gasteiger partial charge >= 0.3 is 0 Å². The zero-order valence-corrected chi connectivity index (χ0v) is 15.4. The molecule has 1 aliphatic rings. The van der Waals surface area contributed by atoms with Crippen molar-refractivity contribution in [1.82, 2.24) is 4.90 Å². The van der Waals surface area contributed by atoms with Gasteiger partial charge in [-0.15, -0.1) is 11.8 Å². The third-order valence-corrected chi connectivity index (χ3v) is 5.55. The first kappa shape index (κ1) is 17.8. The molecule has 2 amide bonds. The molecule has 1 heterocycles. The van der Waals surface area contributed by atoms with Crippen LogP contribution in [0, 0.1) is 0 Å². The monoisotopic (exact) mass is 374 g/mol. The van der Waals surface area contributed by atoms with E-state index in [0.717, 1.165) is 23.2 Å². The van der Waals surface area contributed by atoms with Crippen molar-refractivity contribution in [1.29, 1.82) is 0 Å². The Labute approximate surface area is 156 Å². The van der Waals surface area contributed by atoms with E-state index in [4.69, 9.17) is 11.6 Å². The van der Waals surface area contributed by atoms with E-state index >= 15 is 0 Å². The number of benzene rings is 2. The van der Waals surface area contributed by atoms with Crippen molar-refractivity contribution in [2.75, 3.05) is 17.6 Å². The van der Waals surface area contributed by atoms with Gasteiger partial charge in [0.2, 0.25) is 11.8 Å². The topological polar surface area (TPSA) is 49.4 Å². The van der Waals surface area contributed by atoms with Crippen LogP contribution in [0.15, 0.2) is 48.5 Å². The Morgan fingerprint density at radius 2 is 1.88 bits per heavy atom. The van der Waals surface area contributed by atoms with Crippen molar-refractivity contribution in [2.24, 2.45) is 0 Å². The third-order valence-electron chi connectivity index (χ3n) is 4.04. The van der Waals surface area contributed by atoms with Gasteiger partial charge in [-0.05, 0) is 41.8 Å². The number of hydrogen-bond donors (Lipinski definition) is 1. The highest BCUT2D eigenvalue weighted by Gasteiger charge is 2.32. The minimum Gasteiger partial charge on any atom is -0.326 e. The van der Waals surface area contributed by atoms with Gasteiger partial charge in [-0.25, -0.2) is 0 Å². The van der Waals surface area contributed by atoms with Crippen LogP contribution in [0.1, 0.15) is 23.4 Å². The molecule has 1 N–H and O–H groups in total. The first-order chi connectivity index (χ1) is 12.0. The Morgan fingerprint density at radius 3 is 2.52 bits per heavy atom. The van der Waals surface area contributed by atoms with Gasteiger partial charge in [-0.1, -0.05) is 35.9 Å². The van der Waals surface area contributed by atoms with Gasteiger partial charge in [-0.2, -0.15) is 0 Å². The van der Waals surface area contributed by atoms with Crippen LogP contribution in [0.2, 0.25) is 5.02 Å². The van der Waals surface area contributed by atoms with Crippen molar-refractivity contribution < 1.29 is 9.59 Å². The molecule has 1 aliphatic heterocycles. The molecular weight excluding hydrogens is 356 g/mol. The van der Waals surface area contributed by atoms with E-state index in [1.807, 2.05) is 53.4 Å². The first-order valence-electron chi connectivity index (χ1n) is 8.06. The second-order valence-electron chi connectivity index (χ2n) is 5.93. The van der Waals surface area contributed by atoms with Gasteiger partial charge in [0.25, 0.3) is 0 Å². The highest BCUT2D eigenvalue weighted by molar-refractivity contribution is 8.00. The average Bonchev–Trinajstić information content (AvgIpc) is 2.95. The Kier molecular flexibility index (Phi) is 5.66. The Morgan fingerprint density at radius 1 is 1.20 bits per heavy atom. The van der Waals surface area contributed by atoms with E-state index in [2.05, 4.69) is 5.32 Å². The summed E-state index contributed by atoms with van der Waals surface area (Å²) in [6.07, 6.45) is 0.796. The lowest BCUT2D eigenvalue weighted by Crippen LogP contribution is -2.30. The summed E-state index contributed by atoms with van der Waals surface area (Å²) in [5.41, 5.74) is 2.99. The molecule has 1 saturated heterocycles. The van der Waals surface area contributed by atoms with Gasteiger partial charge in [0.15, 0.2) is 0 Å². The second-order valence-corrected chi connectivity index (χ2v) is 7.44. The highest BCUT2D eigenvalue weighted by Crippen LogP contribution is 2.38. The Hall–Kier alpha value is -1.98. The summed E-state index contributed by atoms with van der Waals surface area (Å²) in [6.45, 7) is 2.16. The molecule has 0 radical (unpaired) electrons. The zero-order chi connectivity index (χ0) is 17.8. The molecule has 6 heteroatoms. The highest BCUT2D eigenvalue weighted by atomic mass is 35.5. The van der Waals surface area contributed by atoms with Gasteiger partial charge in [0, 0.05) is 24.2 Å². The summed E-state index contributed by atoms with van der Waals surface area (Å²) in [5.74, 6) is 0.566. The van der Waals surface area contributed by atoms with Gasteiger partial charge in [0.1, 0.15) is 5.37 Å². The molecule has 1 fully saturated rings. The summed E-state index contributed by atoms with van der Waals surface area (Å²) in [7, 11) is 0. The third kappa shape index (κ3) is 4.55. The molecular formula is C19H19ClN2O2S. The number of rotatable bonds is 5. The van der Waals surface area contributed by atoms with Crippen molar-refractivity contribution in [2.45, 2.75) is 18.7 Å². The van der Waals surface area contributed by atoms with E-state index in [1.54, 1.807) is 11.8 Å². The number of nitrogens with one attached hydrogen (secondary N) is 1. The van der Waals surface area contributed by atoms with Crippen LogP contribution in [0.4, 0.5) is 5.69 Å². The largest absolute Gasteiger partial charge is 0.326 e. The molecule has 0 bridgehead atoms. The Balaban J connectivity index is 1.68. The molecule has 2 aromatic carbocycles. The van der Waals surface area contributed by atoms with E-state index in [0.29, 0.717) is 17.3 Å². The number of carbonyl (C=O) groups is 2. The summed E-state index contributed by atoms with van der Waals surface area (Å²) in [4.78, 5) is 25.3. The van der Waals surface area contributed by atoms with Crippen molar-refractivity contribution in [3.8, 4) is 0 Å². The van der Waals surface area contributed by atoms with Crippen LogP contribution in [0.25, 0.3) is 0 Å². The quantitative estimate of drug-likeness (QED) is 0.856.